The topological polar surface area (TPSA) is 92.5 Å². The molecule has 0 saturated heterocycles. The van der Waals surface area contributed by atoms with Crippen molar-refractivity contribution in [1.82, 2.24) is 5.32 Å². The molecule has 150 valence electrons. The molecule has 1 aliphatic rings. The average Bonchev–Trinajstić information content (AvgIpc) is 3.05. The first-order chi connectivity index (χ1) is 13.2. The summed E-state index contributed by atoms with van der Waals surface area (Å²) in [6.07, 6.45) is 0.579. The van der Waals surface area contributed by atoms with Crippen molar-refractivity contribution < 1.29 is 17.6 Å². The van der Waals surface area contributed by atoms with Gasteiger partial charge in [0.1, 0.15) is 5.82 Å². The van der Waals surface area contributed by atoms with Crippen LogP contribution in [0.3, 0.4) is 0 Å². The molecule has 0 spiro atoms. The van der Waals surface area contributed by atoms with Crippen LogP contribution in [0.15, 0.2) is 47.4 Å². The maximum atomic E-state index is 13.2. The van der Waals surface area contributed by atoms with E-state index in [2.05, 4.69) is 5.32 Å². The standard InChI is InChI=1S/C20H24FN3O3S/c1-13(2)20(14-3-5-16(21)6-4-14)23-12-19(25)24-10-9-15-11-17(28(22,26)27)7-8-18(15)24/h3-8,11,13,20,23H,9-10,12H2,1-2H3,(H2,22,26,27). The summed E-state index contributed by atoms with van der Waals surface area (Å²) in [6.45, 7) is 4.68. The Morgan fingerprint density at radius 1 is 1.21 bits per heavy atom. The zero-order valence-corrected chi connectivity index (χ0v) is 16.7. The van der Waals surface area contributed by atoms with E-state index in [0.717, 1.165) is 11.1 Å². The SMILES string of the molecule is CC(C)C(NCC(=O)N1CCc2cc(S(N)(=O)=O)ccc21)c1ccc(F)cc1. The molecule has 28 heavy (non-hydrogen) atoms. The number of halogens is 1. The molecule has 0 radical (unpaired) electrons. The predicted molar refractivity (Wildman–Crippen MR) is 106 cm³/mol. The Bertz CT molecular complexity index is 975. The lowest BCUT2D eigenvalue weighted by Crippen LogP contribution is -2.39. The van der Waals surface area contributed by atoms with Crippen molar-refractivity contribution in [2.24, 2.45) is 11.1 Å². The number of nitrogens with two attached hydrogens (primary N) is 1. The summed E-state index contributed by atoms with van der Waals surface area (Å²) in [6, 6.07) is 10.7. The Labute approximate surface area is 164 Å². The Morgan fingerprint density at radius 3 is 2.50 bits per heavy atom. The summed E-state index contributed by atoms with van der Waals surface area (Å²) in [5.74, 6) is -0.189. The highest BCUT2D eigenvalue weighted by Crippen LogP contribution is 2.30. The Balaban J connectivity index is 1.71. The summed E-state index contributed by atoms with van der Waals surface area (Å²) in [5.41, 5.74) is 2.42. The molecule has 0 aromatic heterocycles. The maximum Gasteiger partial charge on any atom is 0.240 e. The van der Waals surface area contributed by atoms with E-state index < -0.39 is 10.0 Å². The van der Waals surface area contributed by atoms with Gasteiger partial charge in [0.15, 0.2) is 0 Å². The van der Waals surface area contributed by atoms with E-state index in [0.29, 0.717) is 18.7 Å². The van der Waals surface area contributed by atoms with E-state index in [1.54, 1.807) is 23.1 Å². The van der Waals surface area contributed by atoms with Gasteiger partial charge in [0.05, 0.1) is 11.4 Å². The van der Waals surface area contributed by atoms with Gasteiger partial charge in [0.2, 0.25) is 15.9 Å². The fourth-order valence-corrected chi connectivity index (χ4v) is 4.08. The number of nitrogens with one attached hydrogen (secondary N) is 1. The van der Waals surface area contributed by atoms with Crippen molar-refractivity contribution in [3.8, 4) is 0 Å². The van der Waals surface area contributed by atoms with Crippen LogP contribution in [-0.2, 0) is 21.2 Å². The highest BCUT2D eigenvalue weighted by molar-refractivity contribution is 7.89. The van der Waals surface area contributed by atoms with Crippen molar-refractivity contribution in [2.75, 3.05) is 18.0 Å². The molecule has 8 heteroatoms. The molecule has 1 unspecified atom stereocenters. The normalized spacial score (nSPS) is 15.0. The molecule has 0 fully saturated rings. The fraction of sp³-hybridized carbons (Fsp3) is 0.350. The first kappa shape index (κ1) is 20.4. The van der Waals surface area contributed by atoms with Crippen LogP contribution < -0.4 is 15.4 Å². The molecule has 2 aromatic rings. The third-order valence-corrected chi connectivity index (χ3v) is 5.86. The van der Waals surface area contributed by atoms with Gasteiger partial charge in [-0.1, -0.05) is 26.0 Å². The van der Waals surface area contributed by atoms with Crippen molar-refractivity contribution in [1.29, 1.82) is 0 Å². The highest BCUT2D eigenvalue weighted by Gasteiger charge is 2.27. The lowest BCUT2D eigenvalue weighted by Gasteiger charge is -2.25. The summed E-state index contributed by atoms with van der Waals surface area (Å²) in [7, 11) is -3.77. The van der Waals surface area contributed by atoms with E-state index in [1.807, 2.05) is 13.8 Å². The number of amides is 1. The lowest BCUT2D eigenvalue weighted by molar-refractivity contribution is -0.117. The number of hydrogen-bond acceptors (Lipinski definition) is 4. The molecule has 3 N–H and O–H groups in total. The van der Waals surface area contributed by atoms with Crippen molar-refractivity contribution in [3.05, 3.63) is 59.4 Å². The van der Waals surface area contributed by atoms with Crippen LogP contribution in [0.5, 0.6) is 0 Å². The lowest BCUT2D eigenvalue weighted by atomic mass is 9.96. The van der Waals surface area contributed by atoms with Crippen LogP contribution >= 0.6 is 0 Å². The molecule has 1 amide bonds. The number of rotatable bonds is 6. The summed E-state index contributed by atoms with van der Waals surface area (Å²) in [4.78, 5) is 14.5. The Hall–Kier alpha value is -2.29. The predicted octanol–water partition coefficient (Wildman–Crippen LogP) is 2.35. The molecule has 2 aromatic carbocycles. The molecule has 0 aliphatic carbocycles. The second-order valence-electron chi connectivity index (χ2n) is 7.29. The molecule has 1 aliphatic heterocycles. The van der Waals surface area contributed by atoms with Gasteiger partial charge in [-0.15, -0.1) is 0 Å². The van der Waals surface area contributed by atoms with Crippen LogP contribution in [0.4, 0.5) is 10.1 Å². The first-order valence-electron chi connectivity index (χ1n) is 9.12. The zero-order valence-electron chi connectivity index (χ0n) is 15.9. The van der Waals surface area contributed by atoms with E-state index in [-0.39, 0.29) is 35.1 Å². The monoisotopic (exact) mass is 405 g/mol. The third kappa shape index (κ3) is 4.40. The van der Waals surface area contributed by atoms with Crippen molar-refractivity contribution in [3.63, 3.8) is 0 Å². The van der Waals surface area contributed by atoms with Gasteiger partial charge < -0.3 is 10.2 Å². The molecular weight excluding hydrogens is 381 g/mol. The van der Waals surface area contributed by atoms with Gasteiger partial charge in [0.25, 0.3) is 0 Å². The average molecular weight is 405 g/mol. The van der Waals surface area contributed by atoms with E-state index in [1.165, 1.54) is 24.3 Å². The minimum absolute atomic E-state index is 0.0508. The second-order valence-corrected chi connectivity index (χ2v) is 8.85. The quantitative estimate of drug-likeness (QED) is 0.772. The largest absolute Gasteiger partial charge is 0.311 e. The van der Waals surface area contributed by atoms with Crippen LogP contribution in [0.25, 0.3) is 0 Å². The molecule has 6 nitrogen and oxygen atoms in total. The van der Waals surface area contributed by atoms with Gasteiger partial charge in [-0.2, -0.15) is 0 Å². The number of anilines is 1. The number of benzene rings is 2. The van der Waals surface area contributed by atoms with Gasteiger partial charge in [-0.25, -0.2) is 17.9 Å². The number of nitrogens with zero attached hydrogens (tertiary/aromatic N) is 1. The van der Waals surface area contributed by atoms with E-state index >= 15 is 0 Å². The zero-order chi connectivity index (χ0) is 20.5. The molecule has 3 rings (SSSR count). The number of hydrogen-bond donors (Lipinski definition) is 2. The van der Waals surface area contributed by atoms with Gasteiger partial charge in [-0.3, -0.25) is 4.79 Å². The number of sulfonamides is 1. The summed E-state index contributed by atoms with van der Waals surface area (Å²) < 4.78 is 36.2. The molecular formula is C20H24FN3O3S. The molecule has 1 heterocycles. The Kier molecular flexibility index (Phi) is 5.83. The fourth-order valence-electron chi connectivity index (χ4n) is 3.52. The number of fused-ring (bicyclic) bond motifs is 1. The van der Waals surface area contributed by atoms with E-state index in [9.17, 15) is 17.6 Å². The van der Waals surface area contributed by atoms with Crippen LogP contribution in [0, 0.1) is 11.7 Å². The van der Waals surface area contributed by atoms with Gasteiger partial charge in [-0.05, 0) is 53.8 Å². The maximum absolute atomic E-state index is 13.2. The third-order valence-electron chi connectivity index (χ3n) is 4.95. The van der Waals surface area contributed by atoms with Crippen LogP contribution in [-0.4, -0.2) is 27.4 Å². The first-order valence-corrected chi connectivity index (χ1v) is 10.7. The van der Waals surface area contributed by atoms with E-state index in [4.69, 9.17) is 5.14 Å². The number of carbonyl (C=O) groups excluding carboxylic acids is 1. The number of primary sulfonamides is 1. The molecule has 0 bridgehead atoms. The molecule has 0 saturated carbocycles. The van der Waals surface area contributed by atoms with Gasteiger partial charge in [0, 0.05) is 18.3 Å². The van der Waals surface area contributed by atoms with Crippen LogP contribution in [0.2, 0.25) is 0 Å². The molecule has 1 atom stereocenters. The second kappa shape index (κ2) is 7.98. The van der Waals surface area contributed by atoms with Crippen molar-refractivity contribution >= 4 is 21.6 Å². The minimum atomic E-state index is -3.77. The van der Waals surface area contributed by atoms with Crippen LogP contribution in [0.1, 0.15) is 31.0 Å². The number of carbonyl (C=O) groups is 1. The smallest absolute Gasteiger partial charge is 0.240 e. The summed E-state index contributed by atoms with van der Waals surface area (Å²) >= 11 is 0. The Morgan fingerprint density at radius 2 is 1.89 bits per heavy atom. The van der Waals surface area contributed by atoms with Gasteiger partial charge >= 0.3 is 0 Å². The minimum Gasteiger partial charge on any atom is -0.311 e. The summed E-state index contributed by atoms with van der Waals surface area (Å²) in [5, 5.41) is 8.45. The highest BCUT2D eigenvalue weighted by atomic mass is 32.2. The van der Waals surface area contributed by atoms with Crippen molar-refractivity contribution in [2.45, 2.75) is 31.2 Å².